The highest BCUT2D eigenvalue weighted by Crippen LogP contribution is 2.16. The Morgan fingerprint density at radius 1 is 1.31 bits per heavy atom. The molecule has 4 nitrogen and oxygen atoms in total. The monoisotopic (exact) mass is 224 g/mol. The van der Waals surface area contributed by atoms with Crippen molar-refractivity contribution in [1.82, 2.24) is 4.98 Å². The summed E-state index contributed by atoms with van der Waals surface area (Å²) in [7, 11) is 0. The lowest BCUT2D eigenvalue weighted by Crippen LogP contribution is -2.08. The van der Waals surface area contributed by atoms with Gasteiger partial charge >= 0.3 is 0 Å². The fourth-order valence-corrected chi connectivity index (χ4v) is 1.36. The molecule has 0 amide bonds. The van der Waals surface area contributed by atoms with Gasteiger partial charge in [-0.1, -0.05) is 0 Å². The number of aryl methyl sites for hydroxylation is 1. The summed E-state index contributed by atoms with van der Waals surface area (Å²) in [5.74, 6) is 0.782. The zero-order chi connectivity index (χ0) is 11.8. The summed E-state index contributed by atoms with van der Waals surface area (Å²) in [5.41, 5.74) is 7.38. The maximum absolute atomic E-state index is 5.61. The van der Waals surface area contributed by atoms with E-state index in [1.165, 1.54) is 0 Å². The van der Waals surface area contributed by atoms with Gasteiger partial charge in [-0.05, 0) is 26.0 Å². The Bertz CT molecular complexity index is 316. The van der Waals surface area contributed by atoms with Gasteiger partial charge in [0.1, 0.15) is 5.75 Å². The molecule has 0 aliphatic heterocycles. The van der Waals surface area contributed by atoms with Crippen molar-refractivity contribution in [1.29, 1.82) is 0 Å². The van der Waals surface area contributed by atoms with Gasteiger partial charge in [-0.25, -0.2) is 0 Å². The van der Waals surface area contributed by atoms with E-state index in [1.54, 1.807) is 0 Å². The number of nitrogens with zero attached hydrogens (tertiary/aromatic N) is 1. The standard InChI is InChI=1S/C12H20N2O2/c1-3-15-7-4-8-16-12-6-5-10(2)14-11(12)9-13/h5-6H,3-4,7-9,13H2,1-2H3. The van der Waals surface area contributed by atoms with Gasteiger partial charge in [-0.15, -0.1) is 0 Å². The Hall–Kier alpha value is -1.13. The van der Waals surface area contributed by atoms with E-state index in [4.69, 9.17) is 15.2 Å². The molecule has 1 heterocycles. The highest BCUT2D eigenvalue weighted by Gasteiger charge is 2.03. The van der Waals surface area contributed by atoms with Gasteiger partial charge in [-0.2, -0.15) is 0 Å². The molecule has 2 N–H and O–H groups in total. The maximum Gasteiger partial charge on any atom is 0.142 e. The van der Waals surface area contributed by atoms with Gasteiger partial charge in [0.2, 0.25) is 0 Å². The van der Waals surface area contributed by atoms with Gasteiger partial charge in [0.15, 0.2) is 0 Å². The molecule has 1 rings (SSSR count). The fourth-order valence-electron chi connectivity index (χ4n) is 1.36. The highest BCUT2D eigenvalue weighted by molar-refractivity contribution is 5.28. The van der Waals surface area contributed by atoms with Crippen molar-refractivity contribution in [2.24, 2.45) is 5.73 Å². The van der Waals surface area contributed by atoms with E-state index in [-0.39, 0.29) is 0 Å². The van der Waals surface area contributed by atoms with E-state index >= 15 is 0 Å². The Morgan fingerprint density at radius 3 is 2.81 bits per heavy atom. The maximum atomic E-state index is 5.61. The molecule has 0 fully saturated rings. The van der Waals surface area contributed by atoms with Crippen LogP contribution in [-0.4, -0.2) is 24.8 Å². The van der Waals surface area contributed by atoms with Crippen molar-refractivity contribution in [2.45, 2.75) is 26.8 Å². The quantitative estimate of drug-likeness (QED) is 0.715. The van der Waals surface area contributed by atoms with E-state index in [9.17, 15) is 0 Å². The molecule has 0 saturated heterocycles. The molecular weight excluding hydrogens is 204 g/mol. The van der Waals surface area contributed by atoms with Crippen molar-refractivity contribution in [3.8, 4) is 5.75 Å². The average molecular weight is 224 g/mol. The normalized spacial score (nSPS) is 10.4. The Balaban J connectivity index is 2.41. The van der Waals surface area contributed by atoms with Gasteiger partial charge in [0, 0.05) is 31.9 Å². The molecule has 16 heavy (non-hydrogen) atoms. The summed E-state index contributed by atoms with van der Waals surface area (Å²) < 4.78 is 10.8. The Morgan fingerprint density at radius 2 is 2.12 bits per heavy atom. The lowest BCUT2D eigenvalue weighted by Gasteiger charge is -2.10. The van der Waals surface area contributed by atoms with Crippen molar-refractivity contribution < 1.29 is 9.47 Å². The number of pyridine rings is 1. The molecule has 0 bridgehead atoms. The SMILES string of the molecule is CCOCCCOc1ccc(C)nc1CN. The molecule has 90 valence electrons. The predicted molar refractivity (Wildman–Crippen MR) is 63.5 cm³/mol. The Kier molecular flexibility index (Phi) is 5.82. The van der Waals surface area contributed by atoms with Gasteiger partial charge < -0.3 is 15.2 Å². The molecule has 0 unspecified atom stereocenters. The van der Waals surface area contributed by atoms with Crippen LogP contribution in [0.15, 0.2) is 12.1 Å². The molecule has 0 radical (unpaired) electrons. The number of aromatic nitrogens is 1. The first kappa shape index (κ1) is 12.9. The van der Waals surface area contributed by atoms with Crippen LogP contribution in [0.4, 0.5) is 0 Å². The van der Waals surface area contributed by atoms with Gasteiger partial charge in [0.05, 0.1) is 12.3 Å². The lowest BCUT2D eigenvalue weighted by molar-refractivity contribution is 0.130. The van der Waals surface area contributed by atoms with E-state index in [2.05, 4.69) is 4.98 Å². The van der Waals surface area contributed by atoms with Gasteiger partial charge in [-0.3, -0.25) is 4.98 Å². The van der Waals surface area contributed by atoms with E-state index in [0.717, 1.165) is 36.8 Å². The minimum atomic E-state index is 0.405. The second kappa shape index (κ2) is 7.19. The van der Waals surface area contributed by atoms with Crippen molar-refractivity contribution in [2.75, 3.05) is 19.8 Å². The Labute approximate surface area is 96.8 Å². The van der Waals surface area contributed by atoms with E-state index < -0.39 is 0 Å². The van der Waals surface area contributed by atoms with Crippen molar-refractivity contribution in [3.63, 3.8) is 0 Å². The van der Waals surface area contributed by atoms with Crippen LogP contribution in [0, 0.1) is 6.92 Å². The number of rotatable bonds is 7. The van der Waals surface area contributed by atoms with E-state index in [1.807, 2.05) is 26.0 Å². The molecular formula is C12H20N2O2. The van der Waals surface area contributed by atoms with Crippen LogP contribution < -0.4 is 10.5 Å². The zero-order valence-electron chi connectivity index (χ0n) is 10.0. The van der Waals surface area contributed by atoms with Crippen LogP contribution in [0.5, 0.6) is 5.75 Å². The highest BCUT2D eigenvalue weighted by atomic mass is 16.5. The third-order valence-electron chi connectivity index (χ3n) is 2.16. The number of hydrogen-bond acceptors (Lipinski definition) is 4. The first-order valence-electron chi connectivity index (χ1n) is 5.65. The first-order valence-corrected chi connectivity index (χ1v) is 5.65. The summed E-state index contributed by atoms with van der Waals surface area (Å²) in [4.78, 5) is 4.33. The lowest BCUT2D eigenvalue weighted by atomic mass is 10.3. The summed E-state index contributed by atoms with van der Waals surface area (Å²) in [5, 5.41) is 0. The largest absolute Gasteiger partial charge is 0.492 e. The number of ether oxygens (including phenoxy) is 2. The average Bonchev–Trinajstić information content (AvgIpc) is 2.30. The van der Waals surface area contributed by atoms with E-state index in [0.29, 0.717) is 13.2 Å². The zero-order valence-corrected chi connectivity index (χ0v) is 10.0. The molecule has 1 aromatic heterocycles. The summed E-state index contributed by atoms with van der Waals surface area (Å²) in [6, 6.07) is 3.85. The minimum absolute atomic E-state index is 0.405. The predicted octanol–water partition coefficient (Wildman–Crippen LogP) is 1.65. The second-order valence-electron chi connectivity index (χ2n) is 3.50. The molecule has 1 aromatic rings. The molecule has 0 aliphatic carbocycles. The molecule has 0 saturated carbocycles. The summed E-state index contributed by atoms with van der Waals surface area (Å²) >= 11 is 0. The van der Waals surface area contributed by atoms with Crippen LogP contribution in [0.3, 0.4) is 0 Å². The van der Waals surface area contributed by atoms with Gasteiger partial charge in [0.25, 0.3) is 0 Å². The molecule has 0 spiro atoms. The molecule has 0 atom stereocenters. The second-order valence-corrected chi connectivity index (χ2v) is 3.50. The third kappa shape index (κ3) is 4.16. The first-order chi connectivity index (χ1) is 7.77. The molecule has 0 aliphatic rings. The summed E-state index contributed by atoms with van der Waals surface area (Å²) in [6.45, 7) is 6.45. The minimum Gasteiger partial charge on any atom is -0.492 e. The van der Waals surface area contributed by atoms with Crippen LogP contribution in [0.1, 0.15) is 24.7 Å². The summed E-state index contributed by atoms with van der Waals surface area (Å²) in [6.07, 6.45) is 0.881. The number of hydrogen-bond donors (Lipinski definition) is 1. The van der Waals surface area contributed by atoms with Crippen molar-refractivity contribution in [3.05, 3.63) is 23.5 Å². The smallest absolute Gasteiger partial charge is 0.142 e. The van der Waals surface area contributed by atoms with Crippen LogP contribution in [-0.2, 0) is 11.3 Å². The third-order valence-corrected chi connectivity index (χ3v) is 2.16. The van der Waals surface area contributed by atoms with Crippen LogP contribution >= 0.6 is 0 Å². The fraction of sp³-hybridized carbons (Fsp3) is 0.583. The van der Waals surface area contributed by atoms with Crippen molar-refractivity contribution >= 4 is 0 Å². The van der Waals surface area contributed by atoms with Crippen LogP contribution in [0.2, 0.25) is 0 Å². The van der Waals surface area contributed by atoms with Crippen LogP contribution in [0.25, 0.3) is 0 Å². The molecule has 0 aromatic carbocycles. The number of nitrogens with two attached hydrogens (primary N) is 1. The topological polar surface area (TPSA) is 57.4 Å². The molecule has 4 heteroatoms.